The second kappa shape index (κ2) is 5.27. The van der Waals surface area contributed by atoms with E-state index in [1.54, 1.807) is 13.0 Å². The summed E-state index contributed by atoms with van der Waals surface area (Å²) in [5, 5.41) is 10.9. The fourth-order valence-corrected chi connectivity index (χ4v) is 1.44. The van der Waals surface area contributed by atoms with Gasteiger partial charge in [-0.25, -0.2) is 5.84 Å². The van der Waals surface area contributed by atoms with Crippen molar-refractivity contribution in [3.05, 3.63) is 46.3 Å². The van der Waals surface area contributed by atoms with Gasteiger partial charge in [-0.3, -0.25) is 15.1 Å². The Bertz CT molecular complexity index is 617. The molecule has 1 heterocycles. The molecular weight excluding hydrogens is 250 g/mol. The summed E-state index contributed by atoms with van der Waals surface area (Å²) in [6, 6.07) is 4.65. The molecule has 8 nitrogen and oxygen atoms in total. The van der Waals surface area contributed by atoms with Crippen LogP contribution in [0.5, 0.6) is 11.6 Å². The molecule has 0 unspecified atom stereocenters. The molecule has 0 amide bonds. The van der Waals surface area contributed by atoms with Gasteiger partial charge in [0.2, 0.25) is 11.6 Å². The molecule has 1 aromatic heterocycles. The molecule has 98 valence electrons. The van der Waals surface area contributed by atoms with Gasteiger partial charge in [0.15, 0.2) is 5.82 Å². The van der Waals surface area contributed by atoms with Crippen LogP contribution in [0, 0.1) is 17.0 Å². The number of nitrogens with one attached hydrogen (secondary N) is 1. The molecule has 3 N–H and O–H groups in total. The van der Waals surface area contributed by atoms with Crippen LogP contribution in [0.4, 0.5) is 11.5 Å². The summed E-state index contributed by atoms with van der Waals surface area (Å²) >= 11 is 0. The van der Waals surface area contributed by atoms with Gasteiger partial charge in [-0.05, 0) is 18.6 Å². The number of nitro groups is 1. The fraction of sp³-hybridized carbons (Fsp3) is 0.0909. The average molecular weight is 261 g/mol. The minimum Gasteiger partial charge on any atom is -0.430 e. The first-order valence-corrected chi connectivity index (χ1v) is 5.31. The molecule has 0 aliphatic carbocycles. The van der Waals surface area contributed by atoms with Crippen LogP contribution in [-0.2, 0) is 0 Å². The van der Waals surface area contributed by atoms with Crippen molar-refractivity contribution in [3.8, 4) is 11.6 Å². The molecule has 0 saturated heterocycles. The highest BCUT2D eigenvalue weighted by Gasteiger charge is 2.16. The number of hydrogen-bond acceptors (Lipinski definition) is 7. The van der Waals surface area contributed by atoms with Crippen molar-refractivity contribution in [2.45, 2.75) is 6.92 Å². The normalized spacial score (nSPS) is 10.0. The smallest absolute Gasteiger partial charge is 0.311 e. The van der Waals surface area contributed by atoms with Crippen molar-refractivity contribution in [1.82, 2.24) is 9.97 Å². The Balaban J connectivity index is 2.34. The fourth-order valence-electron chi connectivity index (χ4n) is 1.44. The van der Waals surface area contributed by atoms with Gasteiger partial charge < -0.3 is 10.2 Å². The van der Waals surface area contributed by atoms with Crippen LogP contribution in [0.2, 0.25) is 0 Å². The van der Waals surface area contributed by atoms with E-state index in [4.69, 9.17) is 10.6 Å². The number of nitrogens with two attached hydrogens (primary N) is 1. The first kappa shape index (κ1) is 12.7. The molecule has 0 aliphatic heterocycles. The Morgan fingerprint density at radius 3 is 2.89 bits per heavy atom. The lowest BCUT2D eigenvalue weighted by atomic mass is 10.2. The van der Waals surface area contributed by atoms with Crippen LogP contribution in [0.25, 0.3) is 0 Å². The molecule has 0 spiro atoms. The number of nitrogen functional groups attached to an aromatic ring is 1. The number of benzene rings is 1. The van der Waals surface area contributed by atoms with Crippen molar-refractivity contribution in [1.29, 1.82) is 0 Å². The van der Waals surface area contributed by atoms with Gasteiger partial charge in [0.05, 0.1) is 17.3 Å². The first-order valence-electron chi connectivity index (χ1n) is 5.31. The Morgan fingerprint density at radius 1 is 1.42 bits per heavy atom. The van der Waals surface area contributed by atoms with E-state index in [0.29, 0.717) is 5.82 Å². The maximum Gasteiger partial charge on any atom is 0.311 e. The molecule has 8 heteroatoms. The number of aryl methyl sites for hydroxylation is 1. The number of hydrogen-bond donors (Lipinski definition) is 2. The quantitative estimate of drug-likeness (QED) is 0.489. The van der Waals surface area contributed by atoms with Crippen LogP contribution >= 0.6 is 0 Å². The van der Waals surface area contributed by atoms with Gasteiger partial charge in [-0.2, -0.15) is 4.98 Å². The van der Waals surface area contributed by atoms with Crippen LogP contribution in [0.15, 0.2) is 30.6 Å². The number of anilines is 1. The molecule has 2 aromatic rings. The first-order chi connectivity index (χ1) is 9.10. The number of nitro benzene ring substituents is 1. The standard InChI is InChI=1S/C11H11N5O3/c1-7-2-3-9(8(4-7)16(17)18)19-11-6-13-5-10(14-11)15-12/h2-6H,12H2,1H3,(H,14,15). The molecule has 1 aromatic carbocycles. The molecular formula is C11H11N5O3. The van der Waals surface area contributed by atoms with E-state index < -0.39 is 4.92 Å². The van der Waals surface area contributed by atoms with E-state index >= 15 is 0 Å². The van der Waals surface area contributed by atoms with Crippen molar-refractivity contribution in [2.75, 3.05) is 5.43 Å². The predicted octanol–water partition coefficient (Wildman–Crippen LogP) is 1.77. The van der Waals surface area contributed by atoms with E-state index in [2.05, 4.69) is 15.4 Å². The highest BCUT2D eigenvalue weighted by atomic mass is 16.6. The highest BCUT2D eigenvalue weighted by Crippen LogP contribution is 2.31. The summed E-state index contributed by atoms with van der Waals surface area (Å²) in [7, 11) is 0. The summed E-state index contributed by atoms with van der Waals surface area (Å²) in [6.07, 6.45) is 2.74. The Labute approximate surface area is 108 Å². The van der Waals surface area contributed by atoms with E-state index in [-0.39, 0.29) is 17.3 Å². The minimum atomic E-state index is -0.513. The molecule has 0 saturated carbocycles. The second-order valence-electron chi connectivity index (χ2n) is 3.72. The molecule has 2 rings (SSSR count). The average Bonchev–Trinajstić information content (AvgIpc) is 2.41. The van der Waals surface area contributed by atoms with E-state index in [9.17, 15) is 10.1 Å². The summed E-state index contributed by atoms with van der Waals surface area (Å²) in [5.74, 6) is 5.70. The maximum absolute atomic E-state index is 10.9. The summed E-state index contributed by atoms with van der Waals surface area (Å²) in [6.45, 7) is 1.76. The zero-order valence-corrected chi connectivity index (χ0v) is 10.0. The number of ether oxygens (including phenoxy) is 1. The zero-order chi connectivity index (χ0) is 13.8. The lowest BCUT2D eigenvalue weighted by Gasteiger charge is -2.06. The number of hydrazine groups is 1. The maximum atomic E-state index is 10.9. The van der Waals surface area contributed by atoms with Crippen LogP contribution < -0.4 is 16.0 Å². The molecule has 19 heavy (non-hydrogen) atoms. The molecule has 0 radical (unpaired) electrons. The monoisotopic (exact) mass is 261 g/mol. The van der Waals surface area contributed by atoms with Crippen molar-refractivity contribution < 1.29 is 9.66 Å². The number of nitrogens with zero attached hydrogens (tertiary/aromatic N) is 3. The summed E-state index contributed by atoms with van der Waals surface area (Å²) < 4.78 is 5.36. The van der Waals surface area contributed by atoms with Gasteiger partial charge in [0.1, 0.15) is 0 Å². The predicted molar refractivity (Wildman–Crippen MR) is 67.7 cm³/mol. The lowest BCUT2D eigenvalue weighted by molar-refractivity contribution is -0.385. The third kappa shape index (κ3) is 2.93. The van der Waals surface area contributed by atoms with Crippen LogP contribution in [0.3, 0.4) is 0 Å². The third-order valence-corrected chi connectivity index (χ3v) is 2.29. The zero-order valence-electron chi connectivity index (χ0n) is 10.0. The Morgan fingerprint density at radius 2 is 2.21 bits per heavy atom. The number of rotatable bonds is 4. The highest BCUT2D eigenvalue weighted by molar-refractivity contribution is 5.50. The van der Waals surface area contributed by atoms with Crippen molar-refractivity contribution >= 4 is 11.5 Å². The van der Waals surface area contributed by atoms with Gasteiger partial charge in [-0.1, -0.05) is 6.07 Å². The summed E-state index contributed by atoms with van der Waals surface area (Å²) in [5.41, 5.74) is 2.95. The second-order valence-corrected chi connectivity index (χ2v) is 3.72. The van der Waals surface area contributed by atoms with Crippen molar-refractivity contribution in [2.24, 2.45) is 5.84 Å². The van der Waals surface area contributed by atoms with Crippen LogP contribution in [-0.4, -0.2) is 14.9 Å². The Kier molecular flexibility index (Phi) is 3.53. The van der Waals surface area contributed by atoms with E-state index in [1.165, 1.54) is 24.5 Å². The van der Waals surface area contributed by atoms with Gasteiger partial charge in [0.25, 0.3) is 0 Å². The minimum absolute atomic E-state index is 0.0964. The summed E-state index contributed by atoms with van der Waals surface area (Å²) in [4.78, 5) is 18.2. The van der Waals surface area contributed by atoms with Crippen LogP contribution in [0.1, 0.15) is 5.56 Å². The van der Waals surface area contributed by atoms with Crippen molar-refractivity contribution in [3.63, 3.8) is 0 Å². The number of aromatic nitrogens is 2. The third-order valence-electron chi connectivity index (χ3n) is 2.29. The molecule has 0 bridgehead atoms. The lowest BCUT2D eigenvalue weighted by Crippen LogP contribution is -2.09. The van der Waals surface area contributed by atoms with Gasteiger partial charge in [-0.15, -0.1) is 0 Å². The molecule has 0 aliphatic rings. The SMILES string of the molecule is Cc1ccc(Oc2cncc(NN)n2)c([N+](=O)[O-])c1. The largest absolute Gasteiger partial charge is 0.430 e. The Hall–Kier alpha value is -2.74. The van der Waals surface area contributed by atoms with E-state index in [0.717, 1.165) is 5.56 Å². The van der Waals surface area contributed by atoms with E-state index in [1.807, 2.05) is 0 Å². The molecule has 0 atom stereocenters. The topological polar surface area (TPSA) is 116 Å². The van der Waals surface area contributed by atoms with Gasteiger partial charge >= 0.3 is 5.69 Å². The molecule has 0 fully saturated rings. The van der Waals surface area contributed by atoms with Gasteiger partial charge in [0, 0.05) is 6.07 Å².